The van der Waals surface area contributed by atoms with Crippen molar-refractivity contribution < 1.29 is 27.5 Å². The van der Waals surface area contributed by atoms with Crippen LogP contribution in [0.15, 0.2) is 77.7 Å². The van der Waals surface area contributed by atoms with Crippen molar-refractivity contribution >= 4 is 39.1 Å². The molecule has 1 unspecified atom stereocenters. The predicted octanol–water partition coefficient (Wildman–Crippen LogP) is 3.47. The highest BCUT2D eigenvalue weighted by atomic mass is 35.5. The summed E-state index contributed by atoms with van der Waals surface area (Å²) in [5.74, 6) is -0.167. The quantitative estimate of drug-likeness (QED) is 0.432. The normalized spacial score (nSPS) is 14.9. The lowest BCUT2D eigenvalue weighted by atomic mass is 10.1. The number of para-hydroxylation sites is 2. The largest absolute Gasteiger partial charge is 0.492 e. The lowest BCUT2D eigenvalue weighted by Crippen LogP contribution is -2.52. The van der Waals surface area contributed by atoms with Crippen LogP contribution < -0.4 is 19.7 Å². The number of benzene rings is 3. The lowest BCUT2D eigenvalue weighted by Gasteiger charge is -2.35. The number of anilines is 1. The molecular formula is C27H28ClN3O6S. The number of nitrogens with one attached hydrogen (secondary N) is 1. The van der Waals surface area contributed by atoms with Gasteiger partial charge in [-0.3, -0.25) is 9.59 Å². The van der Waals surface area contributed by atoms with E-state index in [9.17, 15) is 18.0 Å². The van der Waals surface area contributed by atoms with Crippen molar-refractivity contribution in [3.05, 3.63) is 83.4 Å². The first-order valence-electron chi connectivity index (χ1n) is 12.0. The van der Waals surface area contributed by atoms with Gasteiger partial charge in [0.05, 0.1) is 35.3 Å². The minimum Gasteiger partial charge on any atom is -0.492 e. The average Bonchev–Trinajstić information content (AvgIpc) is 2.92. The third-order valence-electron chi connectivity index (χ3n) is 5.95. The standard InChI is InChI=1S/C27H28ClN3O6S/c1-3-36-23-14-13-20(15-21(23)28)38(34,35)30(2)18-26(32)31-17-25(37-24-12-8-7-11-22(24)31)27(33)29-16-19-9-5-4-6-10-19/h4-15,25H,3,16-18H2,1-2H3,(H,29,33). The number of rotatable bonds is 9. The van der Waals surface area contributed by atoms with Crippen molar-refractivity contribution in [2.75, 3.05) is 31.6 Å². The topological polar surface area (TPSA) is 105 Å². The number of amides is 2. The molecule has 4 rings (SSSR count). The van der Waals surface area contributed by atoms with Crippen molar-refractivity contribution in [2.24, 2.45) is 0 Å². The van der Waals surface area contributed by atoms with E-state index in [1.807, 2.05) is 30.3 Å². The van der Waals surface area contributed by atoms with Crippen LogP contribution in [0.2, 0.25) is 5.02 Å². The summed E-state index contributed by atoms with van der Waals surface area (Å²) >= 11 is 6.18. The predicted molar refractivity (Wildman–Crippen MR) is 144 cm³/mol. The van der Waals surface area contributed by atoms with Gasteiger partial charge in [-0.25, -0.2) is 8.42 Å². The smallest absolute Gasteiger partial charge is 0.263 e. The molecule has 0 fully saturated rings. The van der Waals surface area contributed by atoms with E-state index < -0.39 is 28.6 Å². The highest BCUT2D eigenvalue weighted by molar-refractivity contribution is 7.89. The number of ether oxygens (including phenoxy) is 2. The molecule has 1 aliphatic rings. The molecule has 0 radical (unpaired) electrons. The molecular weight excluding hydrogens is 530 g/mol. The highest BCUT2D eigenvalue weighted by Crippen LogP contribution is 2.34. The molecule has 38 heavy (non-hydrogen) atoms. The number of carbonyl (C=O) groups is 2. The Labute approximate surface area is 227 Å². The molecule has 1 aliphatic heterocycles. The molecule has 11 heteroatoms. The second-order valence-corrected chi connectivity index (χ2v) is 11.0. The van der Waals surface area contributed by atoms with Crippen molar-refractivity contribution in [3.8, 4) is 11.5 Å². The third-order valence-corrected chi connectivity index (χ3v) is 8.04. The zero-order chi connectivity index (χ0) is 27.3. The molecule has 0 saturated carbocycles. The molecule has 9 nitrogen and oxygen atoms in total. The fraction of sp³-hybridized carbons (Fsp3) is 0.259. The first-order chi connectivity index (χ1) is 18.2. The van der Waals surface area contributed by atoms with E-state index in [0.717, 1.165) is 9.87 Å². The molecule has 1 heterocycles. The van der Waals surface area contributed by atoms with Gasteiger partial charge < -0.3 is 19.7 Å². The van der Waals surface area contributed by atoms with Crippen LogP contribution in [-0.4, -0.2) is 57.4 Å². The molecule has 0 spiro atoms. The van der Waals surface area contributed by atoms with E-state index in [0.29, 0.717) is 30.3 Å². The summed E-state index contributed by atoms with van der Waals surface area (Å²) in [6, 6.07) is 20.4. The van der Waals surface area contributed by atoms with E-state index in [-0.39, 0.29) is 22.4 Å². The van der Waals surface area contributed by atoms with E-state index in [2.05, 4.69) is 5.32 Å². The molecule has 0 aliphatic carbocycles. The third kappa shape index (κ3) is 6.09. The summed E-state index contributed by atoms with van der Waals surface area (Å²) in [5.41, 5.74) is 1.38. The van der Waals surface area contributed by atoms with Gasteiger partial charge in [-0.2, -0.15) is 4.31 Å². The Morgan fingerprint density at radius 1 is 1.11 bits per heavy atom. The summed E-state index contributed by atoms with van der Waals surface area (Å²) in [7, 11) is -2.72. The second kappa shape index (κ2) is 11.8. The monoisotopic (exact) mass is 557 g/mol. The molecule has 3 aromatic carbocycles. The van der Waals surface area contributed by atoms with E-state index in [4.69, 9.17) is 21.1 Å². The van der Waals surface area contributed by atoms with Crippen LogP contribution in [0, 0.1) is 0 Å². The number of nitrogens with zero attached hydrogens (tertiary/aromatic N) is 2. The molecule has 0 saturated heterocycles. The number of carbonyl (C=O) groups excluding carboxylic acids is 2. The van der Waals surface area contributed by atoms with Crippen LogP contribution in [0.4, 0.5) is 5.69 Å². The fourth-order valence-electron chi connectivity index (χ4n) is 3.96. The van der Waals surface area contributed by atoms with E-state index in [1.165, 1.54) is 30.1 Å². The Morgan fingerprint density at radius 2 is 1.82 bits per heavy atom. The van der Waals surface area contributed by atoms with Crippen molar-refractivity contribution in [1.82, 2.24) is 9.62 Å². The lowest BCUT2D eigenvalue weighted by molar-refractivity contribution is -0.128. The maximum Gasteiger partial charge on any atom is 0.263 e. The summed E-state index contributed by atoms with van der Waals surface area (Å²) < 4.78 is 38.6. The van der Waals surface area contributed by atoms with Gasteiger partial charge in [-0.15, -0.1) is 0 Å². The number of sulfonamides is 1. The summed E-state index contributed by atoms with van der Waals surface area (Å²) in [6.45, 7) is 1.95. The zero-order valence-electron chi connectivity index (χ0n) is 21.0. The van der Waals surface area contributed by atoms with Crippen LogP contribution in [-0.2, 0) is 26.2 Å². The van der Waals surface area contributed by atoms with Crippen LogP contribution in [0.3, 0.4) is 0 Å². The van der Waals surface area contributed by atoms with Gasteiger partial charge in [-0.05, 0) is 42.8 Å². The number of likely N-dealkylation sites (N-methyl/N-ethyl adjacent to an activating group) is 1. The molecule has 3 aromatic rings. The molecule has 0 bridgehead atoms. The molecule has 2 amide bonds. The van der Waals surface area contributed by atoms with Crippen LogP contribution in [0.1, 0.15) is 12.5 Å². The number of hydrogen-bond acceptors (Lipinski definition) is 6. The van der Waals surface area contributed by atoms with Crippen LogP contribution >= 0.6 is 11.6 Å². The number of halogens is 1. The second-order valence-electron chi connectivity index (χ2n) is 8.57. The maximum absolute atomic E-state index is 13.4. The maximum atomic E-state index is 13.4. The first-order valence-corrected chi connectivity index (χ1v) is 13.8. The molecule has 1 atom stereocenters. The van der Waals surface area contributed by atoms with Crippen molar-refractivity contribution in [3.63, 3.8) is 0 Å². The average molecular weight is 558 g/mol. The summed E-state index contributed by atoms with van der Waals surface area (Å²) in [6.07, 6.45) is -0.968. The van der Waals surface area contributed by atoms with E-state index in [1.54, 1.807) is 31.2 Å². The highest BCUT2D eigenvalue weighted by Gasteiger charge is 2.35. The Morgan fingerprint density at radius 3 is 2.53 bits per heavy atom. The Kier molecular flexibility index (Phi) is 8.55. The van der Waals surface area contributed by atoms with Gasteiger partial charge in [0.25, 0.3) is 5.91 Å². The summed E-state index contributed by atoms with van der Waals surface area (Å²) in [4.78, 5) is 27.6. The molecule has 200 valence electrons. The van der Waals surface area contributed by atoms with Crippen molar-refractivity contribution in [1.29, 1.82) is 0 Å². The van der Waals surface area contributed by atoms with Gasteiger partial charge in [0.15, 0.2) is 6.10 Å². The van der Waals surface area contributed by atoms with Crippen LogP contribution in [0.25, 0.3) is 0 Å². The SMILES string of the molecule is CCOc1ccc(S(=O)(=O)N(C)CC(=O)N2CC(C(=O)NCc3ccccc3)Oc3ccccc32)cc1Cl. The Balaban J connectivity index is 1.49. The Bertz CT molecular complexity index is 1420. The van der Waals surface area contributed by atoms with Gasteiger partial charge in [0.1, 0.15) is 11.5 Å². The van der Waals surface area contributed by atoms with Gasteiger partial charge >= 0.3 is 0 Å². The van der Waals surface area contributed by atoms with Gasteiger partial charge in [0, 0.05) is 13.6 Å². The van der Waals surface area contributed by atoms with Gasteiger partial charge in [0.2, 0.25) is 15.9 Å². The zero-order valence-corrected chi connectivity index (χ0v) is 22.5. The fourth-order valence-corrected chi connectivity index (χ4v) is 5.41. The van der Waals surface area contributed by atoms with Crippen LogP contribution in [0.5, 0.6) is 11.5 Å². The first kappa shape index (κ1) is 27.4. The molecule has 1 N–H and O–H groups in total. The summed E-state index contributed by atoms with van der Waals surface area (Å²) in [5, 5.41) is 2.99. The van der Waals surface area contributed by atoms with E-state index >= 15 is 0 Å². The number of fused-ring (bicyclic) bond motifs is 1. The Hall–Kier alpha value is -3.60. The van der Waals surface area contributed by atoms with Crippen molar-refractivity contribution in [2.45, 2.75) is 24.5 Å². The minimum absolute atomic E-state index is 0.0678. The number of hydrogen-bond donors (Lipinski definition) is 1. The minimum atomic E-state index is -4.04. The molecule has 0 aromatic heterocycles. The van der Waals surface area contributed by atoms with Gasteiger partial charge in [-0.1, -0.05) is 54.1 Å².